The van der Waals surface area contributed by atoms with Gasteiger partial charge < -0.3 is 48.8 Å². The second-order valence-electron chi connectivity index (χ2n) is 17.0. The van der Waals surface area contributed by atoms with Gasteiger partial charge in [-0.25, -0.2) is 0 Å². The van der Waals surface area contributed by atoms with Gasteiger partial charge in [0.15, 0.2) is 0 Å². The minimum absolute atomic E-state index is 0.00785. The number of hydrogen-bond donors (Lipinski definition) is 4. The number of Topliss-reactive ketones (excluding diaryl/α,β-unsaturated/α-hetero) is 2. The van der Waals surface area contributed by atoms with Crippen molar-refractivity contribution in [2.24, 2.45) is 17.8 Å². The van der Waals surface area contributed by atoms with E-state index >= 15 is 0 Å². The predicted octanol–water partition coefficient (Wildman–Crippen LogP) is 2.89. The van der Waals surface area contributed by atoms with Crippen molar-refractivity contribution in [3.05, 3.63) is 24.3 Å². The lowest BCUT2D eigenvalue weighted by atomic mass is 9.79. The lowest BCUT2D eigenvalue weighted by molar-refractivity contribution is -0.259. The Kier molecular flexibility index (Phi) is 12.1. The van der Waals surface area contributed by atoms with E-state index in [9.17, 15) is 30.0 Å². The van der Waals surface area contributed by atoms with Crippen LogP contribution in [0.3, 0.4) is 0 Å². The highest BCUT2D eigenvalue weighted by Gasteiger charge is 2.57. The fourth-order valence-electron chi connectivity index (χ4n) is 10.1. The molecule has 12 heteroatoms. The van der Waals surface area contributed by atoms with Crippen LogP contribution >= 0.6 is 0 Å². The Labute approximate surface area is 307 Å². The van der Waals surface area contributed by atoms with E-state index in [0.29, 0.717) is 32.1 Å². The Morgan fingerprint density at radius 2 is 1.40 bits per heavy atom. The maximum atomic E-state index is 13.8. The molecule has 0 amide bonds. The van der Waals surface area contributed by atoms with Crippen LogP contribution in [-0.2, 0) is 38.0 Å². The normalized spacial score (nSPS) is 48.4. The molecular formula is C40H60O12. The minimum atomic E-state index is -1.08. The summed E-state index contributed by atoms with van der Waals surface area (Å²) < 4.78 is 38.4. The predicted molar refractivity (Wildman–Crippen MR) is 187 cm³/mol. The second kappa shape index (κ2) is 16.3. The van der Waals surface area contributed by atoms with Crippen LogP contribution in [0.2, 0.25) is 0 Å². The lowest BCUT2D eigenvalue weighted by Gasteiger charge is -2.46. The number of hydrogen-bond acceptors (Lipinski definition) is 12. The summed E-state index contributed by atoms with van der Waals surface area (Å²) in [5, 5.41) is 42.5. The van der Waals surface area contributed by atoms with Crippen molar-refractivity contribution in [3.8, 4) is 0 Å². The third-order valence-electron chi connectivity index (χ3n) is 13.3. The maximum Gasteiger partial charge on any atom is 0.135 e. The molecule has 12 nitrogen and oxygen atoms in total. The van der Waals surface area contributed by atoms with E-state index in [-0.39, 0.29) is 105 Å². The molecule has 7 saturated heterocycles. The number of carbonyl (C=O) groups is 2. The van der Waals surface area contributed by atoms with E-state index in [1.54, 1.807) is 0 Å². The molecule has 0 radical (unpaired) electrons. The first kappa shape index (κ1) is 38.7. The van der Waals surface area contributed by atoms with E-state index in [2.05, 4.69) is 27.0 Å². The van der Waals surface area contributed by atoms with Gasteiger partial charge in [-0.1, -0.05) is 27.0 Å². The van der Waals surface area contributed by atoms with E-state index in [1.165, 1.54) is 0 Å². The highest BCUT2D eigenvalue weighted by Crippen LogP contribution is 2.44. The number of ether oxygens (including phenoxy) is 6. The number of rotatable bonds is 3. The molecule has 292 valence electrons. The van der Waals surface area contributed by atoms with E-state index in [0.717, 1.165) is 30.4 Å². The fraction of sp³-hybridized carbons (Fsp3) is 0.850. The number of carbonyl (C=O) groups excluding carboxylic acids is 2. The summed E-state index contributed by atoms with van der Waals surface area (Å²) in [4.78, 5) is 26.9. The quantitative estimate of drug-likeness (QED) is 0.314. The van der Waals surface area contributed by atoms with Crippen LogP contribution < -0.4 is 0 Å². The summed E-state index contributed by atoms with van der Waals surface area (Å²) in [6, 6.07) is 0. The van der Waals surface area contributed by atoms with Crippen LogP contribution in [0.5, 0.6) is 0 Å². The standard InChI is InChI=1S/C40H60O12/c1-19-11-27-7-9-30-20(2)12-26(47-30)6-5-23(42)15-35-36(45)39-40(52-35)37(46)38-31(51-39)10-8-28(49-38)13-24(43)14-29-22(4)32(16-25(44)18-41)50-34(29)17-33(48-27)21(19)3/h19,22,25-41,44-46H,2-3,5-18H2,1,4H3/t19-,22-,25+,26+,27+,28?,29-,30?,31+,32-,33-,34?,35-,36+,37+,38+,39+,40+/m1/s1. The third-order valence-corrected chi connectivity index (χ3v) is 13.3. The van der Waals surface area contributed by atoms with Gasteiger partial charge in [-0.3, -0.25) is 9.59 Å². The number of ketones is 2. The Balaban J connectivity index is 1.10. The van der Waals surface area contributed by atoms with Gasteiger partial charge in [0.05, 0.1) is 67.6 Å². The first-order valence-electron chi connectivity index (χ1n) is 19.9. The van der Waals surface area contributed by atoms with Gasteiger partial charge in [0, 0.05) is 38.5 Å². The molecule has 0 aromatic carbocycles. The molecule has 7 fully saturated rings. The van der Waals surface area contributed by atoms with Gasteiger partial charge in [-0.05, 0) is 73.8 Å². The molecule has 8 bridgehead atoms. The molecule has 4 N–H and O–H groups in total. The second-order valence-corrected chi connectivity index (χ2v) is 17.0. The maximum absolute atomic E-state index is 13.8. The number of aliphatic hydroxyl groups excluding tert-OH is 4. The summed E-state index contributed by atoms with van der Waals surface area (Å²) in [6.07, 6.45) is -1.85. The molecule has 7 aliphatic heterocycles. The SMILES string of the molecule is C=C1C[C@@H]2CCC(=O)C[C@H]3O[C@H]4[C@@H](O)[C@H]5OC(CC[C@@H]5O[C@H]4[C@H]3O)CC(=O)C[C@H]3C(C[C@H]4O[C@@H](CCC1O2)C[C@@H](C)C4=C)O[C@H](C[C@H](O)CO)[C@@H]3C. The molecule has 0 aromatic rings. The summed E-state index contributed by atoms with van der Waals surface area (Å²) in [7, 11) is 0. The molecule has 18 atom stereocenters. The molecule has 0 aromatic heterocycles. The number of aliphatic hydroxyl groups is 4. The van der Waals surface area contributed by atoms with Gasteiger partial charge >= 0.3 is 0 Å². The van der Waals surface area contributed by atoms with Crippen molar-refractivity contribution < 1.29 is 58.4 Å². The minimum Gasteiger partial charge on any atom is -0.394 e. The Bertz CT molecular complexity index is 1320. The van der Waals surface area contributed by atoms with Crippen LogP contribution in [0.4, 0.5) is 0 Å². The van der Waals surface area contributed by atoms with Crippen LogP contribution in [-0.4, -0.2) is 130 Å². The Morgan fingerprint density at radius 1 is 0.692 bits per heavy atom. The van der Waals surface area contributed by atoms with E-state index in [4.69, 9.17) is 28.4 Å². The van der Waals surface area contributed by atoms with Crippen molar-refractivity contribution in [2.75, 3.05) is 6.61 Å². The van der Waals surface area contributed by atoms with Crippen LogP contribution in [0, 0.1) is 17.8 Å². The first-order chi connectivity index (χ1) is 24.9. The largest absolute Gasteiger partial charge is 0.394 e. The third kappa shape index (κ3) is 8.17. The van der Waals surface area contributed by atoms with Gasteiger partial charge in [-0.2, -0.15) is 0 Å². The monoisotopic (exact) mass is 732 g/mol. The molecular weight excluding hydrogens is 672 g/mol. The summed E-state index contributed by atoms with van der Waals surface area (Å²) >= 11 is 0. The van der Waals surface area contributed by atoms with Crippen molar-refractivity contribution in [2.45, 2.75) is 189 Å². The van der Waals surface area contributed by atoms with Crippen LogP contribution in [0.1, 0.15) is 97.3 Å². The highest BCUT2D eigenvalue weighted by molar-refractivity contribution is 5.79. The zero-order chi connectivity index (χ0) is 36.8. The van der Waals surface area contributed by atoms with Crippen molar-refractivity contribution >= 4 is 11.6 Å². The van der Waals surface area contributed by atoms with Crippen LogP contribution in [0.15, 0.2) is 24.3 Å². The van der Waals surface area contributed by atoms with Gasteiger partial charge in [-0.15, -0.1) is 0 Å². The summed E-state index contributed by atoms with van der Waals surface area (Å²) in [5.74, 6) is 0.0495. The summed E-state index contributed by atoms with van der Waals surface area (Å²) in [5.41, 5.74) is 2.04. The molecule has 7 heterocycles. The molecule has 52 heavy (non-hydrogen) atoms. The van der Waals surface area contributed by atoms with Crippen molar-refractivity contribution in [1.29, 1.82) is 0 Å². The molecule has 0 saturated carbocycles. The number of fused-ring (bicyclic) bond motifs is 7. The van der Waals surface area contributed by atoms with Gasteiger partial charge in [0.2, 0.25) is 0 Å². The fourth-order valence-corrected chi connectivity index (χ4v) is 10.1. The topological polar surface area (TPSA) is 170 Å². The van der Waals surface area contributed by atoms with Crippen molar-refractivity contribution in [1.82, 2.24) is 0 Å². The summed E-state index contributed by atoms with van der Waals surface area (Å²) in [6.45, 7) is 12.6. The average molecular weight is 733 g/mol. The zero-order valence-corrected chi connectivity index (χ0v) is 30.8. The van der Waals surface area contributed by atoms with Gasteiger partial charge in [0.1, 0.15) is 42.1 Å². The molecule has 0 aliphatic carbocycles. The van der Waals surface area contributed by atoms with E-state index < -0.39 is 54.9 Å². The molecule has 3 unspecified atom stereocenters. The Morgan fingerprint density at radius 3 is 2.19 bits per heavy atom. The first-order valence-corrected chi connectivity index (χ1v) is 19.9. The molecule has 7 rings (SSSR count). The molecule has 0 spiro atoms. The average Bonchev–Trinajstić information content (AvgIpc) is 3.73. The zero-order valence-electron chi connectivity index (χ0n) is 30.8. The van der Waals surface area contributed by atoms with E-state index in [1.807, 2.05) is 0 Å². The highest BCUT2D eigenvalue weighted by atomic mass is 16.6. The van der Waals surface area contributed by atoms with Gasteiger partial charge in [0.25, 0.3) is 0 Å². The van der Waals surface area contributed by atoms with Crippen molar-refractivity contribution in [3.63, 3.8) is 0 Å². The lowest BCUT2D eigenvalue weighted by Crippen LogP contribution is -2.61. The smallest absolute Gasteiger partial charge is 0.135 e. The molecule has 7 aliphatic rings. The Hall–Kier alpha value is -1.58. The van der Waals surface area contributed by atoms with Crippen LogP contribution in [0.25, 0.3) is 0 Å².